The lowest BCUT2D eigenvalue weighted by Gasteiger charge is -2.01. The minimum absolute atomic E-state index is 0.103. The number of hydrogen-bond acceptors (Lipinski definition) is 6. The third-order valence-electron chi connectivity index (χ3n) is 3.19. The van der Waals surface area contributed by atoms with Crippen molar-refractivity contribution in [2.75, 3.05) is 5.32 Å². The first-order valence-corrected chi connectivity index (χ1v) is 9.56. The highest BCUT2D eigenvalue weighted by Crippen LogP contribution is 2.17. The average Bonchev–Trinajstić information content (AvgIpc) is 3.02. The van der Waals surface area contributed by atoms with Gasteiger partial charge < -0.3 is 4.42 Å². The molecule has 0 aliphatic rings. The van der Waals surface area contributed by atoms with Crippen molar-refractivity contribution in [3.05, 3.63) is 70.5 Å². The number of rotatable bonds is 5. The predicted molar refractivity (Wildman–Crippen MR) is 93.7 cm³/mol. The van der Waals surface area contributed by atoms with Crippen LogP contribution in [0, 0.1) is 0 Å². The third kappa shape index (κ3) is 4.31. The van der Waals surface area contributed by atoms with Crippen LogP contribution in [0.15, 0.2) is 68.4 Å². The van der Waals surface area contributed by atoms with Gasteiger partial charge in [-0.1, -0.05) is 45.3 Å². The van der Waals surface area contributed by atoms with Gasteiger partial charge in [0.15, 0.2) is 9.84 Å². The fourth-order valence-corrected chi connectivity index (χ4v) is 3.61. The maximum absolute atomic E-state index is 12.3. The second-order valence-electron chi connectivity index (χ2n) is 5.04. The zero-order valence-corrected chi connectivity index (χ0v) is 15.1. The largest absolute Gasteiger partial charge is 0.407 e. The standard InChI is InChI=1S/C16H12BrN3O4S/c17-12-6-4-5-11(9-12)15(21)18-16-20-19-14(24-16)10-25(22,23)13-7-2-1-3-8-13/h1-9H,10H2,(H,18,20,21). The van der Waals surface area contributed by atoms with Crippen LogP contribution in [-0.2, 0) is 15.6 Å². The van der Waals surface area contributed by atoms with E-state index in [-0.39, 0.29) is 16.8 Å². The van der Waals surface area contributed by atoms with Crippen molar-refractivity contribution in [3.8, 4) is 0 Å². The summed E-state index contributed by atoms with van der Waals surface area (Å²) in [7, 11) is -3.60. The maximum Gasteiger partial charge on any atom is 0.322 e. The minimum atomic E-state index is -3.60. The van der Waals surface area contributed by atoms with E-state index in [1.165, 1.54) is 12.1 Å². The van der Waals surface area contributed by atoms with Gasteiger partial charge in [-0.15, -0.1) is 5.10 Å². The quantitative estimate of drug-likeness (QED) is 0.678. The van der Waals surface area contributed by atoms with Gasteiger partial charge in [-0.05, 0) is 30.3 Å². The number of carbonyl (C=O) groups excluding carboxylic acids is 1. The smallest absolute Gasteiger partial charge is 0.322 e. The molecule has 25 heavy (non-hydrogen) atoms. The average molecular weight is 422 g/mol. The van der Waals surface area contributed by atoms with E-state index < -0.39 is 21.5 Å². The molecule has 128 valence electrons. The topological polar surface area (TPSA) is 102 Å². The van der Waals surface area contributed by atoms with Crippen molar-refractivity contribution in [3.63, 3.8) is 0 Å². The summed E-state index contributed by atoms with van der Waals surface area (Å²) in [6, 6.07) is 14.5. The molecule has 7 nitrogen and oxygen atoms in total. The minimum Gasteiger partial charge on any atom is -0.407 e. The Labute approximate surface area is 152 Å². The SMILES string of the molecule is O=C(Nc1nnc(CS(=O)(=O)c2ccccc2)o1)c1cccc(Br)c1. The van der Waals surface area contributed by atoms with Crippen LogP contribution in [0.1, 0.15) is 16.2 Å². The Balaban J connectivity index is 1.72. The van der Waals surface area contributed by atoms with Crippen molar-refractivity contribution in [2.24, 2.45) is 0 Å². The number of anilines is 1. The van der Waals surface area contributed by atoms with Crippen LogP contribution in [0.5, 0.6) is 0 Å². The summed E-state index contributed by atoms with van der Waals surface area (Å²) in [5.74, 6) is -0.993. The van der Waals surface area contributed by atoms with Crippen LogP contribution in [0.25, 0.3) is 0 Å². The lowest BCUT2D eigenvalue weighted by Crippen LogP contribution is -2.12. The monoisotopic (exact) mass is 421 g/mol. The van der Waals surface area contributed by atoms with E-state index in [0.29, 0.717) is 5.56 Å². The second-order valence-corrected chi connectivity index (χ2v) is 7.94. The summed E-state index contributed by atoms with van der Waals surface area (Å²) in [4.78, 5) is 12.3. The molecule has 0 spiro atoms. The van der Waals surface area contributed by atoms with Gasteiger partial charge >= 0.3 is 6.01 Å². The maximum atomic E-state index is 12.3. The summed E-state index contributed by atoms with van der Waals surface area (Å²) in [6.45, 7) is 0. The van der Waals surface area contributed by atoms with Crippen molar-refractivity contribution in [1.29, 1.82) is 0 Å². The summed E-state index contributed by atoms with van der Waals surface area (Å²) < 4.78 is 30.5. The Morgan fingerprint density at radius 1 is 1.08 bits per heavy atom. The molecule has 0 radical (unpaired) electrons. The highest BCUT2D eigenvalue weighted by molar-refractivity contribution is 9.10. The molecule has 1 aromatic heterocycles. The molecule has 1 N–H and O–H groups in total. The van der Waals surface area contributed by atoms with Gasteiger partial charge in [0.1, 0.15) is 5.75 Å². The van der Waals surface area contributed by atoms with Gasteiger partial charge in [0.2, 0.25) is 5.89 Å². The van der Waals surface area contributed by atoms with E-state index in [1.807, 2.05) is 0 Å². The second kappa shape index (κ2) is 7.16. The molecule has 1 amide bonds. The molecule has 9 heteroatoms. The van der Waals surface area contributed by atoms with Gasteiger partial charge in [-0.2, -0.15) is 0 Å². The predicted octanol–water partition coefficient (Wildman–Crippen LogP) is 3.06. The number of hydrogen-bond donors (Lipinski definition) is 1. The van der Waals surface area contributed by atoms with Crippen LogP contribution in [-0.4, -0.2) is 24.5 Å². The molecule has 0 bridgehead atoms. The molecule has 1 heterocycles. The van der Waals surface area contributed by atoms with Crippen LogP contribution in [0.4, 0.5) is 6.01 Å². The molecular formula is C16H12BrN3O4S. The van der Waals surface area contributed by atoms with Crippen molar-refractivity contribution in [2.45, 2.75) is 10.6 Å². The van der Waals surface area contributed by atoms with Gasteiger partial charge in [0, 0.05) is 10.0 Å². The van der Waals surface area contributed by atoms with Crippen molar-refractivity contribution >= 4 is 37.7 Å². The first-order chi connectivity index (χ1) is 11.9. The van der Waals surface area contributed by atoms with Gasteiger partial charge in [-0.3, -0.25) is 10.1 Å². The van der Waals surface area contributed by atoms with E-state index >= 15 is 0 Å². The number of aromatic nitrogens is 2. The normalized spacial score (nSPS) is 11.2. The molecular weight excluding hydrogens is 410 g/mol. The fraction of sp³-hybridized carbons (Fsp3) is 0.0625. The van der Waals surface area contributed by atoms with Crippen molar-refractivity contribution < 1.29 is 17.6 Å². The van der Waals surface area contributed by atoms with E-state index in [9.17, 15) is 13.2 Å². The summed E-state index contributed by atoms with van der Waals surface area (Å²) in [5.41, 5.74) is 0.394. The Morgan fingerprint density at radius 2 is 1.84 bits per heavy atom. The lowest BCUT2D eigenvalue weighted by atomic mass is 10.2. The van der Waals surface area contributed by atoms with Crippen LogP contribution < -0.4 is 5.32 Å². The van der Waals surface area contributed by atoms with Crippen LogP contribution >= 0.6 is 15.9 Å². The van der Waals surface area contributed by atoms with E-state index in [0.717, 1.165) is 4.47 Å². The summed E-state index contributed by atoms with van der Waals surface area (Å²) in [5, 5.41) is 9.77. The molecule has 0 atom stereocenters. The molecule has 2 aromatic carbocycles. The fourth-order valence-electron chi connectivity index (χ4n) is 2.04. The third-order valence-corrected chi connectivity index (χ3v) is 5.30. The highest BCUT2D eigenvalue weighted by atomic mass is 79.9. The van der Waals surface area contributed by atoms with Crippen LogP contribution in [0.3, 0.4) is 0 Å². The Morgan fingerprint density at radius 3 is 2.56 bits per heavy atom. The summed E-state index contributed by atoms with van der Waals surface area (Å²) in [6.07, 6.45) is 0. The van der Waals surface area contributed by atoms with Gasteiger partial charge in [0.05, 0.1) is 4.90 Å². The van der Waals surface area contributed by atoms with E-state index in [1.54, 1.807) is 42.5 Å². The number of benzene rings is 2. The first-order valence-electron chi connectivity index (χ1n) is 7.11. The first kappa shape index (κ1) is 17.3. The highest BCUT2D eigenvalue weighted by Gasteiger charge is 2.20. The van der Waals surface area contributed by atoms with Crippen LogP contribution in [0.2, 0.25) is 0 Å². The zero-order valence-electron chi connectivity index (χ0n) is 12.7. The van der Waals surface area contributed by atoms with E-state index in [4.69, 9.17) is 4.42 Å². The Hall–Kier alpha value is -2.52. The molecule has 0 aliphatic carbocycles. The molecule has 0 saturated heterocycles. The number of sulfone groups is 1. The molecule has 0 fully saturated rings. The molecule has 3 rings (SSSR count). The number of nitrogens with one attached hydrogen (secondary N) is 1. The van der Waals surface area contributed by atoms with E-state index in [2.05, 4.69) is 31.4 Å². The lowest BCUT2D eigenvalue weighted by molar-refractivity contribution is 0.102. The number of carbonyl (C=O) groups is 1. The Kier molecular flexibility index (Phi) is 4.95. The van der Waals surface area contributed by atoms with Gasteiger partial charge in [0.25, 0.3) is 5.91 Å². The number of amides is 1. The zero-order chi connectivity index (χ0) is 17.9. The number of halogens is 1. The summed E-state index contributed by atoms with van der Waals surface area (Å²) >= 11 is 3.28. The molecule has 3 aromatic rings. The molecule has 0 saturated carbocycles. The van der Waals surface area contributed by atoms with Gasteiger partial charge in [-0.25, -0.2) is 8.42 Å². The number of nitrogens with zero attached hydrogens (tertiary/aromatic N) is 2. The van der Waals surface area contributed by atoms with Crippen molar-refractivity contribution in [1.82, 2.24) is 10.2 Å². The molecule has 0 aliphatic heterocycles. The Bertz CT molecular complexity index is 1000. The molecule has 0 unspecified atom stereocenters.